The van der Waals surface area contributed by atoms with Crippen molar-refractivity contribution in [3.63, 3.8) is 0 Å². The van der Waals surface area contributed by atoms with Crippen LogP contribution in [-0.4, -0.2) is 18.3 Å². The van der Waals surface area contributed by atoms with Gasteiger partial charge in [-0.25, -0.2) is 0 Å². The van der Waals surface area contributed by atoms with Gasteiger partial charge >= 0.3 is 0 Å². The third-order valence-corrected chi connectivity index (χ3v) is 3.24. The van der Waals surface area contributed by atoms with Crippen LogP contribution in [-0.2, 0) is 4.74 Å². The molecule has 0 radical (unpaired) electrons. The molecule has 18 heavy (non-hydrogen) atoms. The minimum absolute atomic E-state index is 0.228. The molecule has 0 aliphatic heterocycles. The molecule has 1 aromatic rings. The minimum Gasteiger partial charge on any atom is -0.388 e. The molecular weight excluding hydrogens is 224 g/mol. The van der Waals surface area contributed by atoms with Gasteiger partial charge in [0.1, 0.15) is 0 Å². The molecule has 0 saturated heterocycles. The Labute approximate surface area is 111 Å². The quantitative estimate of drug-likeness (QED) is 0.711. The SMILES string of the molecule is CC(C)CCOCCC(C)C(O)c1ccccc1. The van der Waals surface area contributed by atoms with E-state index in [4.69, 9.17) is 4.74 Å². The van der Waals surface area contributed by atoms with Crippen LogP contribution in [0.25, 0.3) is 0 Å². The fraction of sp³-hybridized carbons (Fsp3) is 0.625. The van der Waals surface area contributed by atoms with E-state index >= 15 is 0 Å². The van der Waals surface area contributed by atoms with Crippen molar-refractivity contribution in [3.05, 3.63) is 35.9 Å². The van der Waals surface area contributed by atoms with Gasteiger partial charge in [0.2, 0.25) is 0 Å². The first-order chi connectivity index (χ1) is 8.61. The van der Waals surface area contributed by atoms with Crippen LogP contribution in [0.5, 0.6) is 0 Å². The number of aliphatic hydroxyl groups excluding tert-OH is 1. The lowest BCUT2D eigenvalue weighted by Gasteiger charge is -2.19. The van der Waals surface area contributed by atoms with E-state index in [0.29, 0.717) is 5.92 Å². The maximum absolute atomic E-state index is 10.2. The average molecular weight is 250 g/mol. The van der Waals surface area contributed by atoms with Crippen LogP contribution in [0.3, 0.4) is 0 Å². The van der Waals surface area contributed by atoms with Gasteiger partial charge in [0.15, 0.2) is 0 Å². The van der Waals surface area contributed by atoms with Crippen LogP contribution in [0.15, 0.2) is 30.3 Å². The molecule has 1 aromatic carbocycles. The normalized spacial score (nSPS) is 14.7. The van der Waals surface area contributed by atoms with Crippen LogP contribution in [0.4, 0.5) is 0 Å². The van der Waals surface area contributed by atoms with E-state index in [1.54, 1.807) is 0 Å². The summed E-state index contributed by atoms with van der Waals surface area (Å²) in [4.78, 5) is 0. The zero-order chi connectivity index (χ0) is 13.4. The lowest BCUT2D eigenvalue weighted by atomic mass is 9.95. The van der Waals surface area contributed by atoms with E-state index in [9.17, 15) is 5.11 Å². The summed E-state index contributed by atoms with van der Waals surface area (Å²) in [5.41, 5.74) is 0.993. The van der Waals surface area contributed by atoms with Crippen LogP contribution in [0.2, 0.25) is 0 Å². The number of hydrogen-bond acceptors (Lipinski definition) is 2. The molecule has 0 bridgehead atoms. The van der Waals surface area contributed by atoms with E-state index < -0.39 is 0 Å². The summed E-state index contributed by atoms with van der Waals surface area (Å²) < 4.78 is 5.59. The zero-order valence-corrected chi connectivity index (χ0v) is 11.8. The highest BCUT2D eigenvalue weighted by atomic mass is 16.5. The van der Waals surface area contributed by atoms with Crippen molar-refractivity contribution in [1.82, 2.24) is 0 Å². The number of hydrogen-bond donors (Lipinski definition) is 1. The summed E-state index contributed by atoms with van der Waals surface area (Å²) in [6, 6.07) is 9.84. The largest absolute Gasteiger partial charge is 0.388 e. The first kappa shape index (κ1) is 15.2. The van der Waals surface area contributed by atoms with Crippen molar-refractivity contribution in [1.29, 1.82) is 0 Å². The number of rotatable bonds is 8. The lowest BCUT2D eigenvalue weighted by molar-refractivity contribution is 0.0686. The Hall–Kier alpha value is -0.860. The Balaban J connectivity index is 2.22. The molecule has 2 atom stereocenters. The fourth-order valence-corrected chi connectivity index (χ4v) is 1.83. The van der Waals surface area contributed by atoms with Crippen LogP contribution in [0, 0.1) is 11.8 Å². The first-order valence-corrected chi connectivity index (χ1v) is 6.92. The van der Waals surface area contributed by atoms with Gasteiger partial charge in [-0.2, -0.15) is 0 Å². The molecule has 2 unspecified atom stereocenters. The van der Waals surface area contributed by atoms with Gasteiger partial charge < -0.3 is 9.84 Å². The second-order valence-corrected chi connectivity index (χ2v) is 5.42. The molecule has 2 nitrogen and oxygen atoms in total. The highest BCUT2D eigenvalue weighted by molar-refractivity contribution is 5.17. The second-order valence-electron chi connectivity index (χ2n) is 5.42. The Bertz CT molecular complexity index is 308. The molecule has 0 aliphatic carbocycles. The summed E-state index contributed by atoms with van der Waals surface area (Å²) in [7, 11) is 0. The molecule has 0 saturated carbocycles. The molecule has 0 aromatic heterocycles. The summed E-state index contributed by atoms with van der Waals surface area (Å²) in [5, 5.41) is 10.2. The Morgan fingerprint density at radius 3 is 2.22 bits per heavy atom. The lowest BCUT2D eigenvalue weighted by Crippen LogP contribution is -2.12. The standard InChI is InChI=1S/C16H26O2/c1-13(2)9-11-18-12-10-14(3)16(17)15-7-5-4-6-8-15/h4-8,13-14,16-17H,9-12H2,1-3H3. The predicted octanol–water partition coefficient (Wildman–Crippen LogP) is 3.81. The molecule has 0 fully saturated rings. The topological polar surface area (TPSA) is 29.5 Å². The zero-order valence-electron chi connectivity index (χ0n) is 11.8. The molecule has 1 N–H and O–H groups in total. The molecule has 1 rings (SSSR count). The summed E-state index contributed by atoms with van der Waals surface area (Å²) in [6.07, 6.45) is 1.61. The fourth-order valence-electron chi connectivity index (χ4n) is 1.83. The van der Waals surface area contributed by atoms with Gasteiger partial charge in [-0.3, -0.25) is 0 Å². The first-order valence-electron chi connectivity index (χ1n) is 6.92. The Morgan fingerprint density at radius 1 is 1.00 bits per heavy atom. The van der Waals surface area contributed by atoms with Crippen molar-refractivity contribution >= 4 is 0 Å². The third-order valence-electron chi connectivity index (χ3n) is 3.24. The van der Waals surface area contributed by atoms with Crippen molar-refractivity contribution in [2.75, 3.05) is 13.2 Å². The van der Waals surface area contributed by atoms with Crippen molar-refractivity contribution in [3.8, 4) is 0 Å². The smallest absolute Gasteiger partial charge is 0.0816 e. The van der Waals surface area contributed by atoms with Gasteiger partial charge in [0.25, 0.3) is 0 Å². The predicted molar refractivity (Wildman–Crippen MR) is 75.5 cm³/mol. The highest BCUT2D eigenvalue weighted by Crippen LogP contribution is 2.23. The number of aliphatic hydroxyl groups is 1. The molecule has 0 amide bonds. The molecule has 0 spiro atoms. The Kier molecular flexibility index (Phi) is 6.99. The van der Waals surface area contributed by atoms with E-state index in [1.165, 1.54) is 0 Å². The average Bonchev–Trinajstić information content (AvgIpc) is 2.38. The van der Waals surface area contributed by atoms with Crippen molar-refractivity contribution in [2.45, 2.75) is 39.7 Å². The van der Waals surface area contributed by atoms with Crippen LogP contribution >= 0.6 is 0 Å². The van der Waals surface area contributed by atoms with Crippen LogP contribution < -0.4 is 0 Å². The summed E-state index contributed by atoms with van der Waals surface area (Å²) in [5.74, 6) is 0.920. The molecule has 0 heterocycles. The number of ether oxygens (including phenoxy) is 1. The molecular formula is C16H26O2. The second kappa shape index (κ2) is 8.28. The monoisotopic (exact) mass is 250 g/mol. The van der Waals surface area contributed by atoms with E-state index in [1.807, 2.05) is 30.3 Å². The maximum Gasteiger partial charge on any atom is 0.0816 e. The third kappa shape index (κ3) is 5.65. The molecule has 102 valence electrons. The van der Waals surface area contributed by atoms with Gasteiger partial charge in [-0.05, 0) is 30.2 Å². The van der Waals surface area contributed by atoms with Gasteiger partial charge in [-0.15, -0.1) is 0 Å². The molecule has 0 aliphatic rings. The Morgan fingerprint density at radius 2 is 1.61 bits per heavy atom. The summed E-state index contributed by atoms with van der Waals surface area (Å²) >= 11 is 0. The van der Waals surface area contributed by atoms with E-state index in [2.05, 4.69) is 20.8 Å². The van der Waals surface area contributed by atoms with E-state index in [0.717, 1.165) is 31.6 Å². The highest BCUT2D eigenvalue weighted by Gasteiger charge is 2.15. The van der Waals surface area contributed by atoms with Crippen molar-refractivity contribution in [2.24, 2.45) is 11.8 Å². The van der Waals surface area contributed by atoms with Gasteiger partial charge in [0, 0.05) is 13.2 Å². The van der Waals surface area contributed by atoms with E-state index in [-0.39, 0.29) is 12.0 Å². The van der Waals surface area contributed by atoms with Gasteiger partial charge in [0.05, 0.1) is 6.10 Å². The molecule has 2 heteroatoms. The van der Waals surface area contributed by atoms with Gasteiger partial charge in [-0.1, -0.05) is 51.1 Å². The number of benzene rings is 1. The van der Waals surface area contributed by atoms with Crippen LogP contribution in [0.1, 0.15) is 45.3 Å². The maximum atomic E-state index is 10.2. The minimum atomic E-state index is -0.389. The van der Waals surface area contributed by atoms with Crippen molar-refractivity contribution < 1.29 is 9.84 Å². The summed E-state index contributed by atoms with van der Waals surface area (Å²) in [6.45, 7) is 8.03.